The first kappa shape index (κ1) is 10.5. The van der Waals surface area contributed by atoms with Crippen LogP contribution in [0.3, 0.4) is 0 Å². The summed E-state index contributed by atoms with van der Waals surface area (Å²) < 4.78 is 0. The molecule has 3 heteroatoms. The third kappa shape index (κ3) is 2.96. The zero-order valence-corrected chi connectivity index (χ0v) is 9.43. The fourth-order valence-electron chi connectivity index (χ4n) is 1.82. The number of allylic oxidation sites excluding steroid dienone is 1. The van der Waals surface area contributed by atoms with E-state index in [4.69, 9.17) is 11.6 Å². The number of rotatable bonds is 4. The van der Waals surface area contributed by atoms with Gasteiger partial charge in [0.2, 0.25) is 0 Å². The lowest BCUT2D eigenvalue weighted by Gasteiger charge is -2.07. The lowest BCUT2D eigenvalue weighted by molar-refractivity contribution is 0.862. The zero-order chi connectivity index (χ0) is 10.5. The normalized spacial score (nSPS) is 15.1. The summed E-state index contributed by atoms with van der Waals surface area (Å²) in [5, 5.41) is 3.95. The van der Waals surface area contributed by atoms with Crippen LogP contribution in [0, 0.1) is 0 Å². The molecular formula is C12H15ClN2. The maximum Gasteiger partial charge on any atom is 0.144 e. The predicted molar refractivity (Wildman–Crippen MR) is 64.3 cm³/mol. The van der Waals surface area contributed by atoms with Crippen LogP contribution in [-0.4, -0.2) is 11.5 Å². The lowest BCUT2D eigenvalue weighted by atomic mass is 10.2. The zero-order valence-electron chi connectivity index (χ0n) is 8.67. The highest BCUT2D eigenvalue weighted by Gasteiger charge is 2.04. The third-order valence-corrected chi connectivity index (χ3v) is 2.94. The van der Waals surface area contributed by atoms with E-state index < -0.39 is 0 Å². The van der Waals surface area contributed by atoms with Crippen LogP contribution in [0.2, 0.25) is 5.02 Å². The average molecular weight is 223 g/mol. The first-order valence-corrected chi connectivity index (χ1v) is 5.76. The van der Waals surface area contributed by atoms with Crippen molar-refractivity contribution in [3.8, 4) is 0 Å². The van der Waals surface area contributed by atoms with Gasteiger partial charge in [0.1, 0.15) is 5.82 Å². The topological polar surface area (TPSA) is 24.9 Å². The fraction of sp³-hybridized carbons (Fsp3) is 0.417. The number of anilines is 1. The Morgan fingerprint density at radius 3 is 3.13 bits per heavy atom. The number of aromatic nitrogens is 1. The number of halogens is 1. The van der Waals surface area contributed by atoms with Gasteiger partial charge in [-0.15, -0.1) is 0 Å². The van der Waals surface area contributed by atoms with Gasteiger partial charge in [0.05, 0.1) is 5.02 Å². The van der Waals surface area contributed by atoms with Crippen molar-refractivity contribution in [3.05, 3.63) is 35.0 Å². The summed E-state index contributed by atoms with van der Waals surface area (Å²) in [7, 11) is 0. The molecule has 0 bridgehead atoms. The van der Waals surface area contributed by atoms with E-state index in [-0.39, 0.29) is 0 Å². The van der Waals surface area contributed by atoms with E-state index in [2.05, 4.69) is 16.4 Å². The molecule has 0 aromatic carbocycles. The first-order valence-electron chi connectivity index (χ1n) is 5.38. The van der Waals surface area contributed by atoms with Crippen LogP contribution in [-0.2, 0) is 0 Å². The minimum absolute atomic E-state index is 0.693. The second-order valence-electron chi connectivity index (χ2n) is 3.77. The largest absolute Gasteiger partial charge is 0.369 e. The number of nitrogens with zero attached hydrogens (tertiary/aromatic N) is 1. The molecule has 0 saturated carbocycles. The Morgan fingerprint density at radius 2 is 2.40 bits per heavy atom. The van der Waals surface area contributed by atoms with E-state index in [0.717, 1.165) is 18.8 Å². The Labute approximate surface area is 95.4 Å². The molecule has 0 saturated heterocycles. The van der Waals surface area contributed by atoms with Gasteiger partial charge in [-0.2, -0.15) is 0 Å². The highest BCUT2D eigenvalue weighted by Crippen LogP contribution is 2.21. The molecule has 1 N–H and O–H groups in total. The molecule has 0 amide bonds. The molecule has 0 aliphatic heterocycles. The molecule has 0 unspecified atom stereocenters. The highest BCUT2D eigenvalue weighted by molar-refractivity contribution is 6.32. The van der Waals surface area contributed by atoms with Gasteiger partial charge in [-0.1, -0.05) is 23.3 Å². The van der Waals surface area contributed by atoms with E-state index in [1.54, 1.807) is 11.8 Å². The first-order chi connectivity index (χ1) is 7.36. The second kappa shape index (κ2) is 5.17. The number of nitrogens with one attached hydrogen (secondary N) is 1. The summed E-state index contributed by atoms with van der Waals surface area (Å²) in [5.74, 6) is 0.790. The van der Waals surface area contributed by atoms with E-state index >= 15 is 0 Å². The van der Waals surface area contributed by atoms with Gasteiger partial charge < -0.3 is 5.32 Å². The van der Waals surface area contributed by atoms with Gasteiger partial charge in [0.25, 0.3) is 0 Å². The minimum atomic E-state index is 0.693. The molecule has 0 radical (unpaired) electrons. The van der Waals surface area contributed by atoms with Crippen LogP contribution in [0.25, 0.3) is 0 Å². The van der Waals surface area contributed by atoms with Gasteiger partial charge >= 0.3 is 0 Å². The smallest absolute Gasteiger partial charge is 0.144 e. The standard InChI is InChI=1S/C12H15ClN2/c13-11-6-3-8-14-12(11)15-9-7-10-4-1-2-5-10/h3-4,6,8H,1-2,5,7,9H2,(H,14,15). The fourth-order valence-corrected chi connectivity index (χ4v) is 2.01. The van der Waals surface area contributed by atoms with Crippen LogP contribution in [0.15, 0.2) is 30.0 Å². The molecule has 1 aromatic rings. The highest BCUT2D eigenvalue weighted by atomic mass is 35.5. The Kier molecular flexibility index (Phi) is 3.62. The van der Waals surface area contributed by atoms with Crippen LogP contribution in [0.5, 0.6) is 0 Å². The van der Waals surface area contributed by atoms with Crippen LogP contribution in [0.4, 0.5) is 5.82 Å². The summed E-state index contributed by atoms with van der Waals surface area (Å²) in [4.78, 5) is 4.18. The van der Waals surface area contributed by atoms with E-state index in [1.165, 1.54) is 19.3 Å². The summed E-state index contributed by atoms with van der Waals surface area (Å²) in [6.07, 6.45) is 9.04. The molecule has 80 valence electrons. The molecule has 0 atom stereocenters. The van der Waals surface area contributed by atoms with Crippen LogP contribution in [0.1, 0.15) is 25.7 Å². The Morgan fingerprint density at radius 1 is 1.47 bits per heavy atom. The van der Waals surface area contributed by atoms with Crippen molar-refractivity contribution in [1.29, 1.82) is 0 Å². The second-order valence-corrected chi connectivity index (χ2v) is 4.17. The molecule has 0 fully saturated rings. The molecular weight excluding hydrogens is 208 g/mol. The van der Waals surface area contributed by atoms with Crippen LogP contribution >= 0.6 is 11.6 Å². The Hall–Kier alpha value is -1.02. The molecule has 0 spiro atoms. The molecule has 1 aromatic heterocycles. The Balaban J connectivity index is 1.80. The van der Waals surface area contributed by atoms with Crippen molar-refractivity contribution in [2.24, 2.45) is 0 Å². The summed E-state index contributed by atoms with van der Waals surface area (Å²) >= 11 is 5.98. The SMILES string of the molecule is Clc1cccnc1NCCC1=CCCC1. The molecule has 1 aliphatic carbocycles. The van der Waals surface area contributed by atoms with Crippen molar-refractivity contribution in [2.75, 3.05) is 11.9 Å². The van der Waals surface area contributed by atoms with Gasteiger partial charge in [0.15, 0.2) is 0 Å². The van der Waals surface area contributed by atoms with Crippen molar-refractivity contribution in [2.45, 2.75) is 25.7 Å². The summed E-state index contributed by atoms with van der Waals surface area (Å²) in [6.45, 7) is 0.919. The molecule has 2 nitrogen and oxygen atoms in total. The maximum atomic E-state index is 5.98. The predicted octanol–water partition coefficient (Wildman–Crippen LogP) is 3.65. The maximum absolute atomic E-state index is 5.98. The van der Waals surface area contributed by atoms with Crippen molar-refractivity contribution < 1.29 is 0 Å². The van der Waals surface area contributed by atoms with Crippen molar-refractivity contribution in [1.82, 2.24) is 4.98 Å². The van der Waals surface area contributed by atoms with Crippen molar-refractivity contribution in [3.63, 3.8) is 0 Å². The molecule has 15 heavy (non-hydrogen) atoms. The van der Waals surface area contributed by atoms with E-state index in [9.17, 15) is 0 Å². The quantitative estimate of drug-likeness (QED) is 0.787. The van der Waals surface area contributed by atoms with Gasteiger partial charge in [-0.25, -0.2) is 4.98 Å². The summed E-state index contributed by atoms with van der Waals surface area (Å²) in [5.41, 5.74) is 1.56. The number of hydrogen-bond acceptors (Lipinski definition) is 2. The third-order valence-electron chi connectivity index (χ3n) is 2.63. The summed E-state index contributed by atoms with van der Waals surface area (Å²) in [6, 6.07) is 3.69. The lowest BCUT2D eigenvalue weighted by Crippen LogP contribution is -2.04. The number of pyridine rings is 1. The molecule has 1 aliphatic rings. The molecule has 2 rings (SSSR count). The Bertz CT molecular complexity index is 360. The van der Waals surface area contributed by atoms with E-state index in [0.29, 0.717) is 5.02 Å². The van der Waals surface area contributed by atoms with Gasteiger partial charge in [-0.3, -0.25) is 0 Å². The monoisotopic (exact) mass is 222 g/mol. The van der Waals surface area contributed by atoms with Gasteiger partial charge in [0, 0.05) is 12.7 Å². The van der Waals surface area contributed by atoms with Crippen LogP contribution < -0.4 is 5.32 Å². The minimum Gasteiger partial charge on any atom is -0.369 e. The van der Waals surface area contributed by atoms with Gasteiger partial charge in [-0.05, 0) is 37.8 Å². The average Bonchev–Trinajstić information content (AvgIpc) is 2.74. The van der Waals surface area contributed by atoms with Crippen molar-refractivity contribution >= 4 is 17.4 Å². The molecule has 1 heterocycles. The number of hydrogen-bond donors (Lipinski definition) is 1. The van der Waals surface area contributed by atoms with E-state index in [1.807, 2.05) is 12.1 Å².